The first-order chi connectivity index (χ1) is 15.6. The second kappa shape index (κ2) is 8.49. The first-order valence-corrected chi connectivity index (χ1v) is 11.0. The van der Waals surface area contributed by atoms with Crippen molar-refractivity contribution in [2.75, 3.05) is 13.7 Å². The van der Waals surface area contributed by atoms with Crippen LogP contribution in [-0.4, -0.2) is 38.8 Å². The summed E-state index contributed by atoms with van der Waals surface area (Å²) in [5, 5.41) is 0. The molecular weight excluding hydrogens is 404 g/mol. The van der Waals surface area contributed by atoms with Crippen LogP contribution in [0.5, 0.6) is 5.75 Å². The Bertz CT molecular complexity index is 1260. The van der Waals surface area contributed by atoms with Gasteiger partial charge in [-0.15, -0.1) is 0 Å². The molecule has 4 aromatic rings. The summed E-state index contributed by atoms with van der Waals surface area (Å²) in [4.78, 5) is 24.4. The molecule has 32 heavy (non-hydrogen) atoms. The average molecular weight is 431 g/mol. The van der Waals surface area contributed by atoms with E-state index in [0.29, 0.717) is 24.6 Å². The third kappa shape index (κ3) is 3.75. The number of methoxy groups -OCH3 is 1. The summed E-state index contributed by atoms with van der Waals surface area (Å²) in [7, 11) is 1.66. The minimum Gasteiger partial charge on any atom is -0.496 e. The third-order valence-corrected chi connectivity index (χ3v) is 6.09. The van der Waals surface area contributed by atoms with Crippen LogP contribution in [-0.2, 0) is 6.42 Å². The number of amides is 1. The lowest BCUT2D eigenvalue weighted by molar-refractivity contribution is 0.0564. The molecule has 0 aliphatic carbocycles. The normalized spacial score (nSPS) is 16.4. The summed E-state index contributed by atoms with van der Waals surface area (Å²) in [6.07, 6.45) is 6.98. The Labute approximate surface area is 186 Å². The number of aromatic nitrogens is 3. The van der Waals surface area contributed by atoms with E-state index in [2.05, 4.69) is 9.97 Å². The van der Waals surface area contributed by atoms with Crippen LogP contribution in [0.25, 0.3) is 5.65 Å². The highest BCUT2D eigenvalue weighted by atomic mass is 16.5. The summed E-state index contributed by atoms with van der Waals surface area (Å²) >= 11 is 0. The maximum absolute atomic E-state index is 13.4. The molecule has 0 N–H and O–H groups in total. The van der Waals surface area contributed by atoms with Crippen molar-refractivity contribution in [2.45, 2.75) is 38.6 Å². The van der Waals surface area contributed by atoms with Crippen LogP contribution >= 0.6 is 0 Å². The molecule has 1 aliphatic heterocycles. The van der Waals surface area contributed by atoms with E-state index in [-0.39, 0.29) is 11.9 Å². The molecule has 1 aliphatic rings. The number of oxazole rings is 1. The zero-order valence-electron chi connectivity index (χ0n) is 18.3. The number of carbonyl (C=O) groups is 1. The number of imidazole rings is 1. The minimum absolute atomic E-state index is 0.0812. The van der Waals surface area contributed by atoms with Gasteiger partial charge in [-0.2, -0.15) is 0 Å². The molecule has 164 valence electrons. The topological polar surface area (TPSA) is 72.9 Å². The Morgan fingerprint density at radius 1 is 1.19 bits per heavy atom. The van der Waals surface area contributed by atoms with Gasteiger partial charge in [0.05, 0.1) is 13.3 Å². The SMILES string of the molecule is COc1ccccc1Cc1cnc(C2CCCCN2C(=O)c2cn3c(C)cccc3n2)o1. The fraction of sp³-hybridized carbons (Fsp3) is 0.320. The van der Waals surface area contributed by atoms with Gasteiger partial charge in [0, 0.05) is 30.4 Å². The van der Waals surface area contributed by atoms with E-state index >= 15 is 0 Å². The van der Waals surface area contributed by atoms with E-state index < -0.39 is 0 Å². The minimum atomic E-state index is -0.187. The van der Waals surface area contributed by atoms with Crippen molar-refractivity contribution in [3.63, 3.8) is 0 Å². The first-order valence-electron chi connectivity index (χ1n) is 11.0. The van der Waals surface area contributed by atoms with Gasteiger partial charge in [-0.1, -0.05) is 24.3 Å². The largest absolute Gasteiger partial charge is 0.496 e. The Morgan fingerprint density at radius 2 is 2.06 bits per heavy atom. The molecule has 1 aromatic carbocycles. The highest BCUT2D eigenvalue weighted by Crippen LogP contribution is 2.32. The van der Waals surface area contributed by atoms with Gasteiger partial charge in [-0.05, 0) is 44.4 Å². The summed E-state index contributed by atoms with van der Waals surface area (Å²) in [5.41, 5.74) is 3.30. The maximum Gasteiger partial charge on any atom is 0.274 e. The van der Waals surface area contributed by atoms with Gasteiger partial charge in [-0.3, -0.25) is 4.79 Å². The zero-order chi connectivity index (χ0) is 22.1. The fourth-order valence-corrected chi connectivity index (χ4v) is 4.43. The molecule has 1 amide bonds. The molecule has 1 fully saturated rings. The van der Waals surface area contributed by atoms with Crippen LogP contribution in [0.15, 0.2) is 59.3 Å². The molecule has 7 nitrogen and oxygen atoms in total. The number of nitrogens with zero attached hydrogens (tertiary/aromatic N) is 4. The second-order valence-electron chi connectivity index (χ2n) is 8.19. The van der Waals surface area contributed by atoms with Crippen LogP contribution < -0.4 is 4.74 Å². The van der Waals surface area contributed by atoms with Crippen molar-refractivity contribution >= 4 is 11.6 Å². The quantitative estimate of drug-likeness (QED) is 0.463. The smallest absolute Gasteiger partial charge is 0.274 e. The van der Waals surface area contributed by atoms with Crippen LogP contribution in [0, 0.1) is 6.92 Å². The van der Waals surface area contributed by atoms with Crippen LogP contribution in [0.1, 0.15) is 58.7 Å². The van der Waals surface area contributed by atoms with E-state index in [4.69, 9.17) is 9.15 Å². The molecular formula is C25H26N4O3. The molecule has 3 aromatic heterocycles. The van der Waals surface area contributed by atoms with Gasteiger partial charge in [0.15, 0.2) is 0 Å². The average Bonchev–Trinajstić information content (AvgIpc) is 3.47. The van der Waals surface area contributed by atoms with Crippen molar-refractivity contribution in [3.05, 3.63) is 83.5 Å². The van der Waals surface area contributed by atoms with Gasteiger partial charge in [0.25, 0.3) is 5.91 Å². The number of pyridine rings is 1. The van der Waals surface area contributed by atoms with Crippen molar-refractivity contribution in [2.24, 2.45) is 0 Å². The predicted octanol–water partition coefficient (Wildman–Crippen LogP) is 4.60. The van der Waals surface area contributed by atoms with Crippen molar-refractivity contribution in [3.8, 4) is 5.75 Å². The lowest BCUT2D eigenvalue weighted by Gasteiger charge is -2.33. The number of fused-ring (bicyclic) bond motifs is 1. The molecule has 1 saturated heterocycles. The number of hydrogen-bond donors (Lipinski definition) is 0. The predicted molar refractivity (Wildman–Crippen MR) is 120 cm³/mol. The van der Waals surface area contributed by atoms with Gasteiger partial charge >= 0.3 is 0 Å². The fourth-order valence-electron chi connectivity index (χ4n) is 4.43. The highest BCUT2D eigenvalue weighted by molar-refractivity contribution is 5.93. The Kier molecular flexibility index (Phi) is 5.39. The molecule has 1 unspecified atom stereocenters. The van der Waals surface area contributed by atoms with E-state index in [9.17, 15) is 4.79 Å². The molecule has 5 rings (SSSR count). The summed E-state index contributed by atoms with van der Waals surface area (Å²) in [6.45, 7) is 2.67. The number of likely N-dealkylation sites (tertiary alicyclic amines) is 1. The molecule has 0 radical (unpaired) electrons. The summed E-state index contributed by atoms with van der Waals surface area (Å²) < 4.78 is 13.5. The van der Waals surface area contributed by atoms with Crippen LogP contribution in [0.4, 0.5) is 0 Å². The lowest BCUT2D eigenvalue weighted by atomic mass is 10.0. The number of benzene rings is 1. The molecule has 1 atom stereocenters. The van der Waals surface area contributed by atoms with E-state index in [0.717, 1.165) is 47.7 Å². The number of aryl methyl sites for hydroxylation is 1. The molecule has 7 heteroatoms. The zero-order valence-corrected chi connectivity index (χ0v) is 18.3. The van der Waals surface area contributed by atoms with Gasteiger partial charge in [-0.25, -0.2) is 9.97 Å². The van der Waals surface area contributed by atoms with Crippen molar-refractivity contribution < 1.29 is 13.9 Å². The number of rotatable bonds is 5. The number of ether oxygens (including phenoxy) is 1. The van der Waals surface area contributed by atoms with Crippen molar-refractivity contribution in [1.29, 1.82) is 0 Å². The van der Waals surface area contributed by atoms with E-state index in [1.807, 2.05) is 64.9 Å². The van der Waals surface area contributed by atoms with Gasteiger partial charge in [0.2, 0.25) is 5.89 Å². The van der Waals surface area contributed by atoms with Gasteiger partial charge < -0.3 is 18.5 Å². The standard InChI is InChI=1S/C25H26N4O3/c1-17-8-7-12-23-27-20(16-29(17)23)25(30)28-13-6-5-10-21(28)24-26-15-19(32-24)14-18-9-3-4-11-22(18)31-2/h3-4,7-9,11-12,15-16,21H,5-6,10,13-14H2,1-2H3. The third-order valence-electron chi connectivity index (χ3n) is 6.09. The van der Waals surface area contributed by atoms with Crippen LogP contribution in [0.2, 0.25) is 0 Å². The monoisotopic (exact) mass is 430 g/mol. The summed E-state index contributed by atoms with van der Waals surface area (Å²) in [6, 6.07) is 13.6. The number of para-hydroxylation sites is 1. The Balaban J connectivity index is 1.40. The van der Waals surface area contributed by atoms with Gasteiger partial charge in [0.1, 0.15) is 28.9 Å². The number of piperidine rings is 1. The van der Waals surface area contributed by atoms with E-state index in [1.165, 1.54) is 0 Å². The summed E-state index contributed by atoms with van der Waals surface area (Å²) in [5.74, 6) is 2.08. The molecule has 0 bridgehead atoms. The van der Waals surface area contributed by atoms with Crippen LogP contribution in [0.3, 0.4) is 0 Å². The Hall–Kier alpha value is -3.61. The lowest BCUT2D eigenvalue weighted by Crippen LogP contribution is -2.38. The van der Waals surface area contributed by atoms with Crippen molar-refractivity contribution in [1.82, 2.24) is 19.3 Å². The molecule has 4 heterocycles. The first kappa shape index (κ1) is 20.3. The number of hydrogen-bond acceptors (Lipinski definition) is 5. The number of carbonyl (C=O) groups excluding carboxylic acids is 1. The second-order valence-corrected chi connectivity index (χ2v) is 8.19. The Morgan fingerprint density at radius 3 is 2.91 bits per heavy atom. The maximum atomic E-state index is 13.4. The molecule has 0 saturated carbocycles. The highest BCUT2D eigenvalue weighted by Gasteiger charge is 2.33. The van der Waals surface area contributed by atoms with E-state index in [1.54, 1.807) is 13.3 Å². The molecule has 0 spiro atoms.